The molecule has 3 aromatic rings. The zero-order valence-corrected chi connectivity index (χ0v) is 19.1. The Labute approximate surface area is 189 Å². The molecule has 0 aliphatic heterocycles. The second-order valence-corrected chi connectivity index (χ2v) is 7.52. The summed E-state index contributed by atoms with van der Waals surface area (Å²) in [5, 5.41) is 10.8. The maximum Gasteiger partial charge on any atom is 0.252 e. The van der Waals surface area contributed by atoms with Crippen LogP contribution in [-0.2, 0) is 13.1 Å². The Morgan fingerprint density at radius 2 is 1.38 bits per heavy atom. The van der Waals surface area contributed by atoms with E-state index in [4.69, 9.17) is 9.47 Å². The number of nitrogens with zero attached hydrogens (tertiary/aromatic N) is 3. The van der Waals surface area contributed by atoms with Crippen LogP contribution in [0.3, 0.4) is 0 Å². The molecular formula is C24H31N5O3. The fourth-order valence-electron chi connectivity index (χ4n) is 3.00. The van der Waals surface area contributed by atoms with Crippen LogP contribution in [0.1, 0.15) is 43.6 Å². The average Bonchev–Trinajstić information content (AvgIpc) is 3.21. The van der Waals surface area contributed by atoms with E-state index in [1.807, 2.05) is 76.2 Å². The minimum absolute atomic E-state index is 0.124. The van der Waals surface area contributed by atoms with Gasteiger partial charge in [0.1, 0.15) is 11.5 Å². The summed E-state index contributed by atoms with van der Waals surface area (Å²) in [4.78, 5) is 17.1. The van der Waals surface area contributed by atoms with Crippen LogP contribution in [-0.4, -0.2) is 33.9 Å². The lowest BCUT2D eigenvalue weighted by Gasteiger charge is -2.09. The first-order valence-corrected chi connectivity index (χ1v) is 10.9. The van der Waals surface area contributed by atoms with Gasteiger partial charge < -0.3 is 20.1 Å². The summed E-state index contributed by atoms with van der Waals surface area (Å²) in [6, 6.07) is 15.6. The molecule has 1 aromatic heterocycles. The van der Waals surface area contributed by atoms with Crippen molar-refractivity contribution in [2.75, 3.05) is 23.8 Å². The van der Waals surface area contributed by atoms with Crippen LogP contribution in [0.15, 0.2) is 48.5 Å². The van der Waals surface area contributed by atoms with Crippen molar-refractivity contribution < 1.29 is 14.3 Å². The molecule has 0 bridgehead atoms. The third-order valence-corrected chi connectivity index (χ3v) is 4.68. The van der Waals surface area contributed by atoms with E-state index in [0.29, 0.717) is 38.2 Å². The van der Waals surface area contributed by atoms with E-state index < -0.39 is 0 Å². The van der Waals surface area contributed by atoms with E-state index in [1.54, 1.807) is 0 Å². The van der Waals surface area contributed by atoms with Gasteiger partial charge in [0.15, 0.2) is 0 Å². The molecule has 1 heterocycles. The number of nitrogens with one attached hydrogen (secondary N) is 2. The monoisotopic (exact) mass is 437 g/mol. The summed E-state index contributed by atoms with van der Waals surface area (Å²) in [5.74, 6) is 2.13. The van der Waals surface area contributed by atoms with Gasteiger partial charge in [-0.3, -0.25) is 4.79 Å². The van der Waals surface area contributed by atoms with Gasteiger partial charge in [0.05, 0.1) is 13.2 Å². The number of carbonyl (C=O) groups excluding carboxylic acids is 1. The molecule has 3 rings (SSSR count). The topological polar surface area (TPSA) is 90.3 Å². The predicted molar refractivity (Wildman–Crippen MR) is 125 cm³/mol. The summed E-state index contributed by atoms with van der Waals surface area (Å²) in [5.41, 5.74) is 2.10. The normalized spacial score (nSPS) is 10.8. The molecule has 0 amide bonds. The number of hydrogen-bond acceptors (Lipinski definition) is 7. The Morgan fingerprint density at radius 1 is 0.875 bits per heavy atom. The van der Waals surface area contributed by atoms with Crippen LogP contribution in [0.2, 0.25) is 0 Å². The van der Waals surface area contributed by atoms with Gasteiger partial charge in [-0.1, -0.05) is 38.1 Å². The van der Waals surface area contributed by atoms with E-state index in [-0.39, 0.29) is 11.8 Å². The van der Waals surface area contributed by atoms with Crippen LogP contribution in [0, 0.1) is 5.92 Å². The third-order valence-electron chi connectivity index (χ3n) is 4.68. The highest BCUT2D eigenvalue weighted by molar-refractivity contribution is 5.82. The quantitative estimate of drug-likeness (QED) is 0.453. The maximum atomic E-state index is 12.6. The van der Waals surface area contributed by atoms with Crippen molar-refractivity contribution in [2.24, 2.45) is 5.92 Å². The standard InChI is InChI=1S/C24H31N5O3/c1-5-31-20-11-7-18(8-12-20)15-25-23-27-24(29(28-23)22(30)17(3)4)26-16-19-9-13-21(14-10-19)32-6-2/h7-14,17H,5-6,15-16H2,1-4H3,(H2,25,26,27,28). The lowest BCUT2D eigenvalue weighted by molar-refractivity contribution is 0.0841. The molecule has 0 aliphatic carbocycles. The SMILES string of the molecule is CCOc1ccc(CNc2nc(NCc3ccc(OCC)cc3)n(C(=O)C(C)C)n2)cc1. The zero-order chi connectivity index (χ0) is 22.9. The highest BCUT2D eigenvalue weighted by Gasteiger charge is 2.18. The Balaban J connectivity index is 1.68. The van der Waals surface area contributed by atoms with E-state index in [1.165, 1.54) is 4.68 Å². The summed E-state index contributed by atoms with van der Waals surface area (Å²) >= 11 is 0. The van der Waals surface area contributed by atoms with E-state index >= 15 is 0 Å². The first-order valence-electron chi connectivity index (χ1n) is 10.9. The molecule has 0 unspecified atom stereocenters. The molecule has 32 heavy (non-hydrogen) atoms. The van der Waals surface area contributed by atoms with Crippen LogP contribution >= 0.6 is 0 Å². The molecule has 8 heteroatoms. The molecule has 0 aliphatic rings. The predicted octanol–water partition coefficient (Wildman–Crippen LogP) is 4.60. The molecule has 0 atom stereocenters. The maximum absolute atomic E-state index is 12.6. The number of anilines is 2. The first-order chi connectivity index (χ1) is 15.5. The molecule has 8 nitrogen and oxygen atoms in total. The van der Waals surface area contributed by atoms with E-state index in [2.05, 4.69) is 20.7 Å². The zero-order valence-electron chi connectivity index (χ0n) is 19.1. The molecule has 2 N–H and O–H groups in total. The Hall–Kier alpha value is -3.55. The van der Waals surface area contributed by atoms with Crippen molar-refractivity contribution in [3.63, 3.8) is 0 Å². The summed E-state index contributed by atoms with van der Waals surface area (Å²) in [7, 11) is 0. The van der Waals surface area contributed by atoms with Gasteiger partial charge in [0.2, 0.25) is 11.9 Å². The molecule has 0 spiro atoms. The molecule has 0 saturated carbocycles. The van der Waals surface area contributed by atoms with Gasteiger partial charge in [-0.05, 0) is 49.2 Å². The molecule has 2 aromatic carbocycles. The summed E-state index contributed by atoms with van der Waals surface area (Å²) in [6.45, 7) is 9.90. The highest BCUT2D eigenvalue weighted by Crippen LogP contribution is 2.17. The Kier molecular flexibility index (Phi) is 8.08. The van der Waals surface area contributed by atoms with E-state index in [9.17, 15) is 4.79 Å². The van der Waals surface area contributed by atoms with Crippen LogP contribution in [0.25, 0.3) is 0 Å². The minimum Gasteiger partial charge on any atom is -0.494 e. The first kappa shape index (κ1) is 23.1. The average molecular weight is 438 g/mol. The van der Waals surface area contributed by atoms with Gasteiger partial charge >= 0.3 is 0 Å². The second kappa shape index (κ2) is 11.2. The highest BCUT2D eigenvalue weighted by atomic mass is 16.5. The third kappa shape index (κ3) is 6.23. The number of aromatic nitrogens is 3. The van der Waals surface area contributed by atoms with Gasteiger partial charge in [-0.25, -0.2) is 0 Å². The fourth-order valence-corrected chi connectivity index (χ4v) is 3.00. The largest absolute Gasteiger partial charge is 0.494 e. The fraction of sp³-hybridized carbons (Fsp3) is 0.375. The number of benzene rings is 2. The van der Waals surface area contributed by atoms with Gasteiger partial charge in [-0.2, -0.15) is 9.67 Å². The van der Waals surface area contributed by atoms with Gasteiger partial charge in [0, 0.05) is 19.0 Å². The van der Waals surface area contributed by atoms with Crippen LogP contribution < -0.4 is 20.1 Å². The van der Waals surface area contributed by atoms with Crippen LogP contribution in [0.5, 0.6) is 11.5 Å². The smallest absolute Gasteiger partial charge is 0.252 e. The number of rotatable bonds is 11. The summed E-state index contributed by atoms with van der Waals surface area (Å²) in [6.07, 6.45) is 0. The molecule has 0 radical (unpaired) electrons. The number of carbonyl (C=O) groups is 1. The van der Waals surface area contributed by atoms with Crippen molar-refractivity contribution in [2.45, 2.75) is 40.8 Å². The van der Waals surface area contributed by atoms with Crippen molar-refractivity contribution in [1.82, 2.24) is 14.8 Å². The van der Waals surface area contributed by atoms with Crippen molar-refractivity contribution in [3.8, 4) is 11.5 Å². The minimum atomic E-state index is -0.207. The van der Waals surface area contributed by atoms with Crippen molar-refractivity contribution >= 4 is 17.8 Å². The second-order valence-electron chi connectivity index (χ2n) is 7.52. The van der Waals surface area contributed by atoms with Gasteiger partial charge in [0.25, 0.3) is 5.91 Å². The molecular weight excluding hydrogens is 406 g/mol. The van der Waals surface area contributed by atoms with Gasteiger partial charge in [-0.15, -0.1) is 5.10 Å². The number of ether oxygens (including phenoxy) is 2. The molecule has 0 fully saturated rings. The van der Waals surface area contributed by atoms with E-state index in [0.717, 1.165) is 22.6 Å². The molecule has 170 valence electrons. The lowest BCUT2D eigenvalue weighted by atomic mass is 10.2. The Bertz CT molecular complexity index is 997. The van der Waals surface area contributed by atoms with Crippen molar-refractivity contribution in [1.29, 1.82) is 0 Å². The summed E-state index contributed by atoms with van der Waals surface area (Å²) < 4.78 is 12.3. The van der Waals surface area contributed by atoms with Crippen LogP contribution in [0.4, 0.5) is 11.9 Å². The number of hydrogen-bond donors (Lipinski definition) is 2. The lowest BCUT2D eigenvalue weighted by Crippen LogP contribution is -2.21. The van der Waals surface area contributed by atoms with Crippen molar-refractivity contribution in [3.05, 3.63) is 59.7 Å². The molecule has 0 saturated heterocycles. The Morgan fingerprint density at radius 3 is 1.84 bits per heavy atom.